The number of anilines is 1. The van der Waals surface area contributed by atoms with E-state index in [0.717, 1.165) is 18.2 Å². The highest BCUT2D eigenvalue weighted by molar-refractivity contribution is 6.55. The second-order valence-corrected chi connectivity index (χ2v) is 6.65. The van der Waals surface area contributed by atoms with Crippen LogP contribution in [-0.4, -0.2) is 16.8 Å². The van der Waals surface area contributed by atoms with E-state index in [4.69, 9.17) is 46.4 Å². The highest BCUT2D eigenvalue weighted by Crippen LogP contribution is 2.44. The number of carbonyl (C=O) groups excluding carboxylic acids is 2. The number of amides is 2. The van der Waals surface area contributed by atoms with Crippen LogP contribution in [0, 0.1) is 0 Å². The van der Waals surface area contributed by atoms with Crippen molar-refractivity contribution in [3.63, 3.8) is 0 Å². The molecule has 11 heteroatoms. The zero-order chi connectivity index (χ0) is 19.4. The van der Waals surface area contributed by atoms with Crippen molar-refractivity contribution < 1.29 is 22.8 Å². The van der Waals surface area contributed by atoms with Crippen molar-refractivity contribution in [2.24, 2.45) is 0 Å². The average Bonchev–Trinajstić information content (AvgIpc) is 2.82. The molecule has 0 saturated heterocycles. The molecule has 1 N–H and O–H groups in total. The van der Waals surface area contributed by atoms with Gasteiger partial charge in [0.25, 0.3) is 11.8 Å². The molecule has 26 heavy (non-hydrogen) atoms. The third-order valence-corrected chi connectivity index (χ3v) is 5.33. The summed E-state index contributed by atoms with van der Waals surface area (Å²) in [4.78, 5) is 25.0. The fraction of sp³-hybridized carbons (Fsp3) is 0.0667. The first-order valence-electron chi connectivity index (χ1n) is 6.72. The van der Waals surface area contributed by atoms with Crippen molar-refractivity contribution in [2.75, 3.05) is 5.43 Å². The number of alkyl halides is 3. The van der Waals surface area contributed by atoms with Crippen LogP contribution in [0.5, 0.6) is 0 Å². The molecule has 0 spiro atoms. The van der Waals surface area contributed by atoms with Gasteiger partial charge in [0, 0.05) is 0 Å². The fourth-order valence-electron chi connectivity index (χ4n) is 2.34. The van der Waals surface area contributed by atoms with Crippen LogP contribution in [0.3, 0.4) is 0 Å². The number of carbonyl (C=O) groups is 2. The lowest BCUT2D eigenvalue weighted by molar-refractivity contribution is -0.137. The van der Waals surface area contributed by atoms with E-state index in [9.17, 15) is 22.8 Å². The lowest BCUT2D eigenvalue weighted by Crippen LogP contribution is -2.35. The molecule has 0 radical (unpaired) electrons. The Kier molecular flexibility index (Phi) is 4.77. The van der Waals surface area contributed by atoms with E-state index in [-0.39, 0.29) is 36.9 Å². The first-order chi connectivity index (χ1) is 12.0. The molecule has 2 amide bonds. The van der Waals surface area contributed by atoms with Crippen molar-refractivity contribution >= 4 is 63.9 Å². The molecule has 136 valence electrons. The van der Waals surface area contributed by atoms with Gasteiger partial charge >= 0.3 is 6.18 Å². The predicted molar refractivity (Wildman–Crippen MR) is 92.0 cm³/mol. The molecule has 0 aromatic heterocycles. The number of rotatable bonds is 2. The summed E-state index contributed by atoms with van der Waals surface area (Å²) in [5.74, 6) is -1.85. The Hall–Kier alpha value is -1.67. The number of hydrazine groups is 1. The second kappa shape index (κ2) is 6.49. The minimum absolute atomic E-state index is 0.140. The molecule has 3 rings (SSSR count). The van der Waals surface area contributed by atoms with Gasteiger partial charge in [-0.15, -0.1) is 0 Å². The van der Waals surface area contributed by atoms with E-state index in [1.54, 1.807) is 0 Å². The Bertz CT molecular complexity index is 916. The lowest BCUT2D eigenvalue weighted by atomic mass is 10.1. The van der Waals surface area contributed by atoms with E-state index in [0.29, 0.717) is 5.01 Å². The molecular formula is C15H5Cl4F3N2O2. The van der Waals surface area contributed by atoms with Crippen LogP contribution in [0.4, 0.5) is 18.9 Å². The van der Waals surface area contributed by atoms with Gasteiger partial charge < -0.3 is 0 Å². The van der Waals surface area contributed by atoms with Crippen LogP contribution in [0.15, 0.2) is 24.3 Å². The lowest BCUT2D eigenvalue weighted by Gasteiger charge is -2.17. The summed E-state index contributed by atoms with van der Waals surface area (Å²) in [5, 5.41) is -0.478. The largest absolute Gasteiger partial charge is 0.416 e. The van der Waals surface area contributed by atoms with Crippen LogP contribution in [-0.2, 0) is 6.18 Å². The minimum atomic E-state index is -4.59. The molecule has 0 fully saturated rings. The number of nitrogens with one attached hydrogen (secondary N) is 1. The zero-order valence-electron chi connectivity index (χ0n) is 12.2. The van der Waals surface area contributed by atoms with Gasteiger partial charge in [-0.1, -0.05) is 52.5 Å². The Morgan fingerprint density at radius 1 is 0.846 bits per heavy atom. The molecule has 1 aliphatic heterocycles. The van der Waals surface area contributed by atoms with Gasteiger partial charge in [-0.3, -0.25) is 15.0 Å². The summed E-state index contributed by atoms with van der Waals surface area (Å²) in [6, 6.07) is 3.96. The Labute approximate surface area is 164 Å². The normalized spacial score (nSPS) is 14.0. The first kappa shape index (κ1) is 19.1. The molecular weight excluding hydrogens is 439 g/mol. The van der Waals surface area contributed by atoms with Gasteiger partial charge in [-0.2, -0.15) is 18.2 Å². The molecule has 2 aromatic carbocycles. The van der Waals surface area contributed by atoms with Gasteiger partial charge in [0.2, 0.25) is 0 Å². The van der Waals surface area contributed by atoms with Gasteiger partial charge in [0.1, 0.15) is 0 Å². The number of imide groups is 1. The van der Waals surface area contributed by atoms with E-state index < -0.39 is 23.6 Å². The highest BCUT2D eigenvalue weighted by atomic mass is 35.5. The quantitative estimate of drug-likeness (QED) is 0.355. The molecule has 0 bridgehead atoms. The summed E-state index contributed by atoms with van der Waals surface area (Å²) in [7, 11) is 0. The van der Waals surface area contributed by atoms with Crippen LogP contribution >= 0.6 is 46.4 Å². The van der Waals surface area contributed by atoms with Gasteiger partial charge in [-0.05, 0) is 18.2 Å². The smallest absolute Gasteiger partial charge is 0.288 e. The molecule has 2 aromatic rings. The third-order valence-electron chi connectivity index (χ3n) is 3.53. The molecule has 0 aliphatic carbocycles. The van der Waals surface area contributed by atoms with Crippen molar-refractivity contribution in [2.45, 2.75) is 6.18 Å². The summed E-state index contributed by atoms with van der Waals surface area (Å²) in [6.45, 7) is 0. The Balaban J connectivity index is 2.02. The monoisotopic (exact) mass is 442 g/mol. The summed E-state index contributed by atoms with van der Waals surface area (Å²) in [6.07, 6.45) is -4.59. The van der Waals surface area contributed by atoms with Crippen LogP contribution in [0.2, 0.25) is 20.1 Å². The molecule has 0 unspecified atom stereocenters. The fourth-order valence-corrected chi connectivity index (χ4v) is 3.36. The van der Waals surface area contributed by atoms with E-state index in [2.05, 4.69) is 5.43 Å². The number of hydrogen-bond donors (Lipinski definition) is 1. The molecule has 0 atom stereocenters. The van der Waals surface area contributed by atoms with Gasteiger partial charge in [-0.25, -0.2) is 0 Å². The average molecular weight is 444 g/mol. The standard InChI is InChI=1S/C15H5Cl4F3N2O2/c16-9-7-8(10(17)12(19)11(9)18)14(26)24(13(7)25)23-6-3-1-2-5(4-6)15(20,21)22/h1-4,23H. The maximum absolute atomic E-state index is 12.8. The highest BCUT2D eigenvalue weighted by Gasteiger charge is 2.42. The second-order valence-electron chi connectivity index (χ2n) is 5.14. The third kappa shape index (κ3) is 2.99. The SMILES string of the molecule is O=C1c2c(Cl)c(Cl)c(Cl)c(Cl)c2C(=O)N1Nc1cccc(C(F)(F)F)c1. The topological polar surface area (TPSA) is 49.4 Å². The van der Waals surface area contributed by atoms with Crippen LogP contribution < -0.4 is 5.43 Å². The maximum atomic E-state index is 12.8. The van der Waals surface area contributed by atoms with Crippen molar-refractivity contribution in [3.8, 4) is 0 Å². The van der Waals surface area contributed by atoms with Crippen molar-refractivity contribution in [1.82, 2.24) is 5.01 Å². The Morgan fingerprint density at radius 2 is 1.35 bits per heavy atom. The number of nitrogens with zero attached hydrogens (tertiary/aromatic N) is 1. The van der Waals surface area contributed by atoms with E-state index in [1.807, 2.05) is 0 Å². The number of fused-ring (bicyclic) bond motifs is 1. The predicted octanol–water partition coefficient (Wildman–Crippen LogP) is 5.94. The summed E-state index contributed by atoms with van der Waals surface area (Å²) in [5.41, 5.74) is 0.663. The Morgan fingerprint density at radius 3 is 1.81 bits per heavy atom. The number of halogens is 7. The van der Waals surface area contributed by atoms with Crippen molar-refractivity contribution in [1.29, 1.82) is 0 Å². The maximum Gasteiger partial charge on any atom is 0.416 e. The molecule has 4 nitrogen and oxygen atoms in total. The summed E-state index contributed by atoms with van der Waals surface area (Å²) >= 11 is 23.7. The first-order valence-corrected chi connectivity index (χ1v) is 8.24. The van der Waals surface area contributed by atoms with Crippen LogP contribution in [0.25, 0.3) is 0 Å². The van der Waals surface area contributed by atoms with Crippen molar-refractivity contribution in [3.05, 3.63) is 61.0 Å². The van der Waals surface area contributed by atoms with Crippen LogP contribution in [0.1, 0.15) is 26.3 Å². The summed E-state index contributed by atoms with van der Waals surface area (Å²) < 4.78 is 38.4. The molecule has 1 heterocycles. The molecule has 0 saturated carbocycles. The molecule has 1 aliphatic rings. The number of hydrogen-bond acceptors (Lipinski definition) is 3. The van der Waals surface area contributed by atoms with E-state index >= 15 is 0 Å². The minimum Gasteiger partial charge on any atom is -0.288 e. The van der Waals surface area contributed by atoms with Gasteiger partial charge in [0.05, 0.1) is 42.5 Å². The zero-order valence-corrected chi connectivity index (χ0v) is 15.2. The van der Waals surface area contributed by atoms with Gasteiger partial charge in [0.15, 0.2) is 0 Å². The number of benzene rings is 2. The van der Waals surface area contributed by atoms with E-state index in [1.165, 1.54) is 6.07 Å².